The summed E-state index contributed by atoms with van der Waals surface area (Å²) < 4.78 is 0. The van der Waals surface area contributed by atoms with Gasteiger partial charge in [-0.2, -0.15) is 0 Å². The molecule has 0 saturated carbocycles. The average Bonchev–Trinajstić information content (AvgIpc) is 2.11. The fraction of sp³-hybridized carbons (Fsp3) is 1.00. The van der Waals surface area contributed by atoms with Gasteiger partial charge in [-0.05, 0) is 18.3 Å². The van der Waals surface area contributed by atoms with Crippen molar-refractivity contribution in [1.29, 1.82) is 0 Å². The van der Waals surface area contributed by atoms with Crippen molar-refractivity contribution < 1.29 is 0 Å². The first-order valence-electron chi connectivity index (χ1n) is 4.39. The molecule has 0 aromatic rings. The highest BCUT2D eigenvalue weighted by molar-refractivity contribution is 4.87. The molecule has 0 radical (unpaired) electrons. The van der Waals surface area contributed by atoms with E-state index in [0.717, 1.165) is 12.5 Å². The van der Waals surface area contributed by atoms with Gasteiger partial charge in [0.05, 0.1) is 0 Å². The standard InChI is InChI=1S/C9H20N2/c1-7-8(9(2,3)4)6-10-11(7)5/h7-8,10H,6H2,1-5H3. The Hall–Kier alpha value is -0.0800. The zero-order valence-corrected chi connectivity index (χ0v) is 8.31. The third-order valence-corrected chi connectivity index (χ3v) is 2.87. The molecule has 66 valence electrons. The Bertz CT molecular complexity index is 137. The molecular formula is C9H20N2. The molecule has 1 rings (SSSR count). The normalized spacial score (nSPS) is 34.6. The molecular weight excluding hydrogens is 136 g/mol. The van der Waals surface area contributed by atoms with Crippen LogP contribution in [0, 0.1) is 11.3 Å². The van der Waals surface area contributed by atoms with Crippen molar-refractivity contribution in [2.45, 2.75) is 33.7 Å². The lowest BCUT2D eigenvalue weighted by atomic mass is 9.77. The van der Waals surface area contributed by atoms with E-state index >= 15 is 0 Å². The maximum atomic E-state index is 3.36. The third kappa shape index (κ3) is 1.74. The minimum atomic E-state index is 0.428. The smallest absolute Gasteiger partial charge is 0.0258 e. The molecule has 0 spiro atoms. The summed E-state index contributed by atoms with van der Waals surface area (Å²) in [7, 11) is 2.12. The van der Waals surface area contributed by atoms with Gasteiger partial charge < -0.3 is 0 Å². The molecule has 11 heavy (non-hydrogen) atoms. The van der Waals surface area contributed by atoms with Crippen LogP contribution in [0.15, 0.2) is 0 Å². The summed E-state index contributed by atoms with van der Waals surface area (Å²) in [6, 6.07) is 0.662. The van der Waals surface area contributed by atoms with E-state index in [1.165, 1.54) is 0 Å². The van der Waals surface area contributed by atoms with Crippen molar-refractivity contribution >= 4 is 0 Å². The Morgan fingerprint density at radius 2 is 1.91 bits per heavy atom. The first-order chi connectivity index (χ1) is 4.93. The van der Waals surface area contributed by atoms with Crippen molar-refractivity contribution in [2.75, 3.05) is 13.6 Å². The number of rotatable bonds is 0. The predicted octanol–water partition coefficient (Wildman–Crippen LogP) is 1.49. The van der Waals surface area contributed by atoms with E-state index < -0.39 is 0 Å². The van der Waals surface area contributed by atoms with Crippen LogP contribution >= 0.6 is 0 Å². The largest absolute Gasteiger partial charge is 0.255 e. The fourth-order valence-corrected chi connectivity index (χ4v) is 1.86. The molecule has 0 amide bonds. The van der Waals surface area contributed by atoms with Crippen molar-refractivity contribution in [3.63, 3.8) is 0 Å². The summed E-state index contributed by atoms with van der Waals surface area (Å²) in [4.78, 5) is 0. The van der Waals surface area contributed by atoms with E-state index in [2.05, 4.69) is 45.2 Å². The molecule has 1 heterocycles. The Labute approximate surface area is 69.9 Å². The van der Waals surface area contributed by atoms with Gasteiger partial charge in [0.1, 0.15) is 0 Å². The molecule has 0 bridgehead atoms. The minimum Gasteiger partial charge on any atom is -0.255 e. The van der Waals surface area contributed by atoms with Gasteiger partial charge in [0.25, 0.3) is 0 Å². The summed E-state index contributed by atoms with van der Waals surface area (Å²) in [5.74, 6) is 0.771. The van der Waals surface area contributed by atoms with Crippen molar-refractivity contribution in [3.05, 3.63) is 0 Å². The van der Waals surface area contributed by atoms with E-state index in [1.807, 2.05) is 0 Å². The van der Waals surface area contributed by atoms with Gasteiger partial charge >= 0.3 is 0 Å². The first kappa shape index (κ1) is 9.01. The number of nitrogens with one attached hydrogen (secondary N) is 1. The van der Waals surface area contributed by atoms with E-state index in [9.17, 15) is 0 Å². The van der Waals surface area contributed by atoms with E-state index in [4.69, 9.17) is 0 Å². The average molecular weight is 156 g/mol. The second-order valence-electron chi connectivity index (χ2n) is 4.69. The summed E-state index contributed by atoms with van der Waals surface area (Å²) in [5, 5.41) is 2.22. The monoisotopic (exact) mass is 156 g/mol. The quantitative estimate of drug-likeness (QED) is 0.571. The molecule has 2 heteroatoms. The van der Waals surface area contributed by atoms with Crippen molar-refractivity contribution in [3.8, 4) is 0 Å². The Morgan fingerprint density at radius 1 is 1.36 bits per heavy atom. The summed E-state index contributed by atoms with van der Waals surface area (Å²) in [6.45, 7) is 10.4. The van der Waals surface area contributed by atoms with Gasteiger partial charge in [0.2, 0.25) is 0 Å². The summed E-state index contributed by atoms with van der Waals surface area (Å²) >= 11 is 0. The molecule has 2 unspecified atom stereocenters. The third-order valence-electron chi connectivity index (χ3n) is 2.87. The molecule has 1 aliphatic heterocycles. The summed E-state index contributed by atoms with van der Waals surface area (Å²) in [5.41, 5.74) is 3.79. The van der Waals surface area contributed by atoms with Crippen LogP contribution < -0.4 is 5.43 Å². The van der Waals surface area contributed by atoms with Gasteiger partial charge in [-0.15, -0.1) is 0 Å². The molecule has 1 aliphatic rings. The van der Waals surface area contributed by atoms with Gasteiger partial charge in [0, 0.05) is 19.6 Å². The lowest BCUT2D eigenvalue weighted by Crippen LogP contribution is -2.34. The Morgan fingerprint density at radius 3 is 2.09 bits per heavy atom. The number of nitrogens with zero attached hydrogens (tertiary/aromatic N) is 1. The number of hydrazine groups is 1. The van der Waals surface area contributed by atoms with Gasteiger partial charge in [0.15, 0.2) is 0 Å². The van der Waals surface area contributed by atoms with E-state index in [1.54, 1.807) is 0 Å². The minimum absolute atomic E-state index is 0.428. The lowest BCUT2D eigenvalue weighted by molar-refractivity contribution is 0.175. The molecule has 1 fully saturated rings. The second-order valence-corrected chi connectivity index (χ2v) is 4.69. The van der Waals surface area contributed by atoms with Crippen LogP contribution in [0.2, 0.25) is 0 Å². The van der Waals surface area contributed by atoms with Gasteiger partial charge in [-0.1, -0.05) is 20.8 Å². The van der Waals surface area contributed by atoms with Gasteiger partial charge in [-0.3, -0.25) is 5.43 Å². The molecule has 0 aromatic carbocycles. The Balaban J connectivity index is 2.62. The summed E-state index contributed by atoms with van der Waals surface area (Å²) in [6.07, 6.45) is 0. The zero-order chi connectivity index (χ0) is 8.65. The first-order valence-corrected chi connectivity index (χ1v) is 4.39. The molecule has 1 saturated heterocycles. The highest BCUT2D eigenvalue weighted by Gasteiger charge is 2.36. The maximum Gasteiger partial charge on any atom is 0.0258 e. The number of hydrogen-bond donors (Lipinski definition) is 1. The SMILES string of the molecule is CC1C(C(C)(C)C)CNN1C. The highest BCUT2D eigenvalue weighted by Crippen LogP contribution is 2.32. The van der Waals surface area contributed by atoms with Crippen LogP contribution in [0.3, 0.4) is 0 Å². The molecule has 2 nitrogen and oxygen atoms in total. The van der Waals surface area contributed by atoms with Gasteiger partial charge in [-0.25, -0.2) is 5.01 Å². The molecule has 0 aliphatic carbocycles. The van der Waals surface area contributed by atoms with Crippen LogP contribution in [0.4, 0.5) is 0 Å². The topological polar surface area (TPSA) is 15.3 Å². The maximum absolute atomic E-state index is 3.36. The zero-order valence-electron chi connectivity index (χ0n) is 8.31. The molecule has 0 aromatic heterocycles. The van der Waals surface area contributed by atoms with Crippen LogP contribution in [-0.4, -0.2) is 24.6 Å². The fourth-order valence-electron chi connectivity index (χ4n) is 1.86. The van der Waals surface area contributed by atoms with Crippen LogP contribution in [-0.2, 0) is 0 Å². The number of hydrogen-bond acceptors (Lipinski definition) is 2. The van der Waals surface area contributed by atoms with Crippen molar-refractivity contribution in [2.24, 2.45) is 11.3 Å². The van der Waals surface area contributed by atoms with Crippen LogP contribution in [0.5, 0.6) is 0 Å². The predicted molar refractivity (Wildman–Crippen MR) is 48.2 cm³/mol. The highest BCUT2D eigenvalue weighted by atomic mass is 15.5. The van der Waals surface area contributed by atoms with Crippen LogP contribution in [0.25, 0.3) is 0 Å². The van der Waals surface area contributed by atoms with E-state index in [-0.39, 0.29) is 0 Å². The Kier molecular flexibility index (Phi) is 2.26. The van der Waals surface area contributed by atoms with E-state index in [0.29, 0.717) is 11.5 Å². The lowest BCUT2D eigenvalue weighted by Gasteiger charge is -2.30. The van der Waals surface area contributed by atoms with Crippen LogP contribution in [0.1, 0.15) is 27.7 Å². The second kappa shape index (κ2) is 2.76. The molecule has 1 N–H and O–H groups in total. The van der Waals surface area contributed by atoms with Crippen molar-refractivity contribution in [1.82, 2.24) is 10.4 Å². The molecule has 2 atom stereocenters.